The lowest BCUT2D eigenvalue weighted by Gasteiger charge is -2.07. The van der Waals surface area contributed by atoms with Gasteiger partial charge in [-0.05, 0) is 44.7 Å². The Kier molecular flexibility index (Phi) is 4.91. The van der Waals surface area contributed by atoms with Crippen LogP contribution in [0, 0.1) is 13.8 Å². The summed E-state index contributed by atoms with van der Waals surface area (Å²) in [5.41, 5.74) is 2.51. The number of thioether (sulfide) groups is 1. The number of aromatic nitrogens is 4. The first-order valence-electron chi connectivity index (χ1n) is 7.75. The zero-order chi connectivity index (χ0) is 18.1. The molecule has 0 aliphatic rings. The molecule has 6 nitrogen and oxygen atoms in total. The number of hydrogen-bond acceptors (Lipinski definition) is 6. The Hall–Kier alpha value is -2.19. The Morgan fingerprint density at radius 2 is 2.08 bits per heavy atom. The van der Waals surface area contributed by atoms with E-state index < -0.39 is 0 Å². The molecular weight excluding hydrogens is 356 g/mol. The van der Waals surface area contributed by atoms with E-state index in [0.717, 1.165) is 10.6 Å². The monoisotopic (exact) mass is 374 g/mol. The maximum atomic E-state index is 12.8. The van der Waals surface area contributed by atoms with Gasteiger partial charge in [0.2, 0.25) is 5.16 Å². The molecule has 25 heavy (non-hydrogen) atoms. The van der Waals surface area contributed by atoms with Gasteiger partial charge in [-0.1, -0.05) is 17.8 Å². The molecule has 130 valence electrons. The minimum atomic E-state index is -0.372. The van der Waals surface area contributed by atoms with E-state index in [4.69, 9.17) is 0 Å². The third kappa shape index (κ3) is 3.45. The van der Waals surface area contributed by atoms with E-state index in [0.29, 0.717) is 27.8 Å². The van der Waals surface area contributed by atoms with E-state index in [1.807, 2.05) is 24.4 Å². The van der Waals surface area contributed by atoms with Gasteiger partial charge in [-0.2, -0.15) is 0 Å². The van der Waals surface area contributed by atoms with Gasteiger partial charge >= 0.3 is 0 Å². The molecule has 0 radical (unpaired) electrons. The smallest absolute Gasteiger partial charge is 0.209 e. The molecule has 8 heteroatoms. The van der Waals surface area contributed by atoms with Gasteiger partial charge in [0.1, 0.15) is 0 Å². The van der Waals surface area contributed by atoms with Crippen molar-refractivity contribution >= 4 is 34.7 Å². The molecule has 0 saturated heterocycles. The molecule has 2 N–H and O–H groups in total. The number of aryl methyl sites for hydroxylation is 1. The molecule has 0 unspecified atom stereocenters. The molecule has 3 heterocycles. The summed E-state index contributed by atoms with van der Waals surface area (Å²) >= 11 is 2.87. The van der Waals surface area contributed by atoms with E-state index >= 15 is 0 Å². The number of thiophene rings is 1. The number of nitrogens with zero attached hydrogens (tertiary/aromatic N) is 2. The molecule has 0 aliphatic heterocycles. The maximum Gasteiger partial charge on any atom is 0.209 e. The van der Waals surface area contributed by atoms with Gasteiger partial charge in [0.15, 0.2) is 17.4 Å². The highest BCUT2D eigenvalue weighted by molar-refractivity contribution is 8.00. The Balaban J connectivity index is 1.78. The van der Waals surface area contributed by atoms with Crippen LogP contribution in [0.2, 0.25) is 0 Å². The van der Waals surface area contributed by atoms with Crippen molar-refractivity contribution < 1.29 is 9.59 Å². The molecule has 0 fully saturated rings. The van der Waals surface area contributed by atoms with Gasteiger partial charge in [0.05, 0.1) is 15.8 Å². The van der Waals surface area contributed by atoms with Crippen molar-refractivity contribution in [3.05, 3.63) is 40.0 Å². The van der Waals surface area contributed by atoms with E-state index in [9.17, 15) is 9.59 Å². The SMILES string of the molecule is CC(=O)c1c(C)[nH]c(C(=O)[C@@H](C)Sc2n[nH]c(-c3cccs3)n2)c1C. The maximum absolute atomic E-state index is 12.8. The molecule has 1 atom stereocenters. The quantitative estimate of drug-likeness (QED) is 0.502. The number of carbonyl (C=O) groups is 2. The van der Waals surface area contributed by atoms with Crippen LogP contribution in [0.15, 0.2) is 22.7 Å². The van der Waals surface area contributed by atoms with E-state index in [1.165, 1.54) is 18.7 Å². The van der Waals surface area contributed by atoms with E-state index in [2.05, 4.69) is 20.2 Å². The van der Waals surface area contributed by atoms with Crippen LogP contribution in [0.3, 0.4) is 0 Å². The van der Waals surface area contributed by atoms with Crippen LogP contribution < -0.4 is 0 Å². The van der Waals surface area contributed by atoms with Crippen LogP contribution in [0.1, 0.15) is 46.0 Å². The Morgan fingerprint density at radius 3 is 2.68 bits per heavy atom. The van der Waals surface area contributed by atoms with E-state index in [-0.39, 0.29) is 16.8 Å². The summed E-state index contributed by atoms with van der Waals surface area (Å²) in [6.45, 7) is 6.93. The van der Waals surface area contributed by atoms with E-state index in [1.54, 1.807) is 25.2 Å². The molecule has 0 amide bonds. The zero-order valence-corrected chi connectivity index (χ0v) is 16.0. The number of Topliss-reactive ketones (excluding diaryl/α,β-unsaturated/α-hetero) is 2. The van der Waals surface area contributed by atoms with Gasteiger partial charge in [0, 0.05) is 11.3 Å². The van der Waals surface area contributed by atoms with Crippen molar-refractivity contribution in [1.82, 2.24) is 20.2 Å². The number of H-pyrrole nitrogens is 2. The summed E-state index contributed by atoms with van der Waals surface area (Å²) in [7, 11) is 0. The number of hydrogen-bond donors (Lipinski definition) is 2. The second kappa shape index (κ2) is 6.97. The van der Waals surface area contributed by atoms with Crippen molar-refractivity contribution in [2.75, 3.05) is 0 Å². The topological polar surface area (TPSA) is 91.5 Å². The number of rotatable bonds is 6. The van der Waals surface area contributed by atoms with Crippen molar-refractivity contribution in [3.63, 3.8) is 0 Å². The first-order chi connectivity index (χ1) is 11.9. The highest BCUT2D eigenvalue weighted by Crippen LogP contribution is 2.28. The second-order valence-electron chi connectivity index (χ2n) is 5.75. The molecule has 0 bridgehead atoms. The summed E-state index contributed by atoms with van der Waals surface area (Å²) in [5.74, 6) is 0.587. The minimum absolute atomic E-state index is 0.0415. The highest BCUT2D eigenvalue weighted by atomic mass is 32.2. The van der Waals surface area contributed by atoms with Crippen LogP contribution in [0.4, 0.5) is 0 Å². The summed E-state index contributed by atoms with van der Waals surface area (Å²) in [4.78, 5) is 33.0. The number of nitrogens with one attached hydrogen (secondary N) is 2. The van der Waals surface area contributed by atoms with Crippen LogP contribution in [0.5, 0.6) is 0 Å². The fourth-order valence-corrected chi connectivity index (χ4v) is 4.21. The summed E-state index contributed by atoms with van der Waals surface area (Å²) < 4.78 is 0. The van der Waals surface area contributed by atoms with Gasteiger partial charge < -0.3 is 4.98 Å². The molecular formula is C17H18N4O2S2. The predicted molar refractivity (Wildman–Crippen MR) is 99.6 cm³/mol. The minimum Gasteiger partial charge on any atom is -0.355 e. The van der Waals surface area contributed by atoms with Gasteiger partial charge in [-0.3, -0.25) is 14.7 Å². The first kappa shape index (κ1) is 17.6. The van der Waals surface area contributed by atoms with Crippen LogP contribution >= 0.6 is 23.1 Å². The predicted octanol–water partition coefficient (Wildman–Crippen LogP) is 4.04. The molecule has 3 aromatic heterocycles. The third-order valence-corrected chi connectivity index (χ3v) is 5.74. The van der Waals surface area contributed by atoms with Crippen LogP contribution in [0.25, 0.3) is 10.7 Å². The Bertz CT molecular complexity index is 925. The average Bonchev–Trinajstić information content (AvgIpc) is 3.26. The standard InChI is InChI=1S/C17H18N4O2S2/c1-8-13(10(3)22)9(2)18-14(8)15(23)11(4)25-17-19-16(20-21-17)12-6-5-7-24-12/h5-7,11,18H,1-4H3,(H,19,20,21)/t11-/m1/s1. The van der Waals surface area contributed by atoms with Gasteiger partial charge in [-0.15, -0.1) is 16.4 Å². The first-order valence-corrected chi connectivity index (χ1v) is 9.51. The fourth-order valence-electron chi connectivity index (χ4n) is 2.76. The van der Waals surface area contributed by atoms with Crippen LogP contribution in [-0.2, 0) is 0 Å². The number of aromatic amines is 2. The lowest BCUT2D eigenvalue weighted by molar-refractivity contribution is 0.0988. The van der Waals surface area contributed by atoms with Gasteiger partial charge in [-0.25, -0.2) is 4.98 Å². The molecule has 0 spiro atoms. The normalized spacial score (nSPS) is 12.3. The second-order valence-corrected chi connectivity index (χ2v) is 8.01. The number of carbonyl (C=O) groups excluding carboxylic acids is 2. The van der Waals surface area contributed by atoms with Crippen LogP contribution in [-0.4, -0.2) is 37.0 Å². The average molecular weight is 374 g/mol. The lowest BCUT2D eigenvalue weighted by atomic mass is 10.0. The highest BCUT2D eigenvalue weighted by Gasteiger charge is 2.25. The van der Waals surface area contributed by atoms with Gasteiger partial charge in [0.25, 0.3) is 0 Å². The summed E-state index contributed by atoms with van der Waals surface area (Å²) in [6, 6.07) is 3.91. The largest absolute Gasteiger partial charge is 0.355 e. The fraction of sp³-hybridized carbons (Fsp3) is 0.294. The van der Waals surface area contributed by atoms with Crippen molar-refractivity contribution in [3.8, 4) is 10.7 Å². The molecule has 0 aliphatic carbocycles. The molecule has 3 aromatic rings. The van der Waals surface area contributed by atoms with Crippen molar-refractivity contribution in [1.29, 1.82) is 0 Å². The van der Waals surface area contributed by atoms with Crippen molar-refractivity contribution in [2.45, 2.75) is 38.1 Å². The molecule has 0 saturated carbocycles. The number of ketones is 2. The Morgan fingerprint density at radius 1 is 1.32 bits per heavy atom. The summed E-state index contributed by atoms with van der Waals surface area (Å²) in [6.07, 6.45) is 0. The lowest BCUT2D eigenvalue weighted by Crippen LogP contribution is -2.15. The van der Waals surface area contributed by atoms with Crippen molar-refractivity contribution in [2.24, 2.45) is 0 Å². The zero-order valence-electron chi connectivity index (χ0n) is 14.3. The molecule has 0 aromatic carbocycles. The summed E-state index contributed by atoms with van der Waals surface area (Å²) in [5, 5.41) is 9.20. The Labute approximate surface area is 153 Å². The molecule has 3 rings (SSSR count). The third-order valence-electron chi connectivity index (χ3n) is 3.91.